The first kappa shape index (κ1) is 19.9. The molecule has 0 heterocycles. The van der Waals surface area contributed by atoms with Crippen LogP contribution in [0.15, 0.2) is 24.3 Å². The Morgan fingerprint density at radius 3 is 2.23 bits per heavy atom. The fraction of sp³-hybridized carbons (Fsp3) is 0.579. The Bertz CT molecular complexity index is 635. The number of benzene rings is 1. The summed E-state index contributed by atoms with van der Waals surface area (Å²) in [6.45, 7) is 7.69. The Morgan fingerprint density at radius 2 is 1.73 bits per heavy atom. The minimum absolute atomic E-state index is 0.308. The van der Waals surface area contributed by atoms with E-state index in [9.17, 15) is 9.59 Å². The number of carbonyl (C=O) groups excluding carboxylic acids is 2. The van der Waals surface area contributed by atoms with E-state index < -0.39 is 17.2 Å². The van der Waals surface area contributed by atoms with E-state index in [1.54, 1.807) is 31.4 Å². The monoisotopic (exact) mass is 363 g/mol. The van der Waals surface area contributed by atoms with Crippen molar-refractivity contribution in [2.45, 2.75) is 51.7 Å². The molecule has 2 rings (SSSR count). The predicted octanol–water partition coefficient (Wildman–Crippen LogP) is 3.51. The van der Waals surface area contributed by atoms with E-state index >= 15 is 0 Å². The van der Waals surface area contributed by atoms with Crippen molar-refractivity contribution in [2.75, 3.05) is 19.0 Å². The predicted molar refractivity (Wildman–Crippen MR) is 101 cm³/mol. The maximum Gasteiger partial charge on any atom is 0.407 e. The van der Waals surface area contributed by atoms with Crippen LogP contribution in [0, 0.1) is 5.92 Å². The lowest BCUT2D eigenvalue weighted by molar-refractivity contribution is 0.0509. The first-order chi connectivity index (χ1) is 12.1. The summed E-state index contributed by atoms with van der Waals surface area (Å²) < 4.78 is 10.4. The highest BCUT2D eigenvalue weighted by Crippen LogP contribution is 2.39. The molecule has 7 heteroatoms. The molecule has 0 unspecified atom stereocenters. The number of nitrogens with one attached hydrogen (secondary N) is 3. The summed E-state index contributed by atoms with van der Waals surface area (Å²) in [5, 5.41) is 8.57. The number of alkyl carbamates (subject to hydrolysis) is 1. The molecule has 0 aromatic heterocycles. The fourth-order valence-corrected chi connectivity index (χ4v) is 2.68. The van der Waals surface area contributed by atoms with Crippen LogP contribution >= 0.6 is 0 Å². The lowest BCUT2D eigenvalue weighted by Gasteiger charge is -2.32. The van der Waals surface area contributed by atoms with Crippen LogP contribution in [0.5, 0.6) is 5.75 Å². The Hall–Kier alpha value is -2.44. The van der Waals surface area contributed by atoms with E-state index in [4.69, 9.17) is 9.47 Å². The minimum Gasteiger partial charge on any atom is -0.497 e. The molecule has 1 atom stereocenters. The van der Waals surface area contributed by atoms with Gasteiger partial charge in [0.25, 0.3) is 0 Å². The Balaban J connectivity index is 1.91. The van der Waals surface area contributed by atoms with Gasteiger partial charge in [0.1, 0.15) is 11.4 Å². The van der Waals surface area contributed by atoms with Gasteiger partial charge < -0.3 is 25.4 Å². The summed E-state index contributed by atoms with van der Waals surface area (Å²) in [7, 11) is 1.59. The lowest BCUT2D eigenvalue weighted by Crippen LogP contribution is -2.56. The van der Waals surface area contributed by atoms with Crippen LogP contribution in [0.3, 0.4) is 0 Å². The number of anilines is 1. The van der Waals surface area contributed by atoms with E-state index in [2.05, 4.69) is 16.0 Å². The first-order valence-electron chi connectivity index (χ1n) is 8.81. The molecule has 0 radical (unpaired) electrons. The molecule has 3 amide bonds. The second-order valence-electron chi connectivity index (χ2n) is 7.85. The summed E-state index contributed by atoms with van der Waals surface area (Å²) in [5.74, 6) is 1.05. The molecule has 144 valence electrons. The molecule has 0 spiro atoms. The third-order valence-electron chi connectivity index (χ3n) is 4.22. The molecule has 1 aromatic rings. The van der Waals surface area contributed by atoms with Crippen molar-refractivity contribution >= 4 is 17.8 Å². The van der Waals surface area contributed by atoms with Crippen molar-refractivity contribution in [1.29, 1.82) is 0 Å². The largest absolute Gasteiger partial charge is 0.497 e. The average molecular weight is 363 g/mol. The van der Waals surface area contributed by atoms with Crippen molar-refractivity contribution in [2.24, 2.45) is 5.92 Å². The van der Waals surface area contributed by atoms with Crippen molar-refractivity contribution in [3.63, 3.8) is 0 Å². The van der Waals surface area contributed by atoms with Gasteiger partial charge in [0.05, 0.1) is 12.6 Å². The van der Waals surface area contributed by atoms with Crippen molar-refractivity contribution in [3.05, 3.63) is 24.3 Å². The molecule has 1 aliphatic rings. The van der Waals surface area contributed by atoms with Gasteiger partial charge in [-0.25, -0.2) is 9.59 Å². The molecule has 1 fully saturated rings. The lowest BCUT2D eigenvalue weighted by atomic mass is 9.96. The molecule has 3 N–H and O–H groups in total. The smallest absolute Gasteiger partial charge is 0.407 e. The van der Waals surface area contributed by atoms with Gasteiger partial charge in [0.15, 0.2) is 0 Å². The molecule has 0 bridgehead atoms. The van der Waals surface area contributed by atoms with Crippen LogP contribution in [0.2, 0.25) is 0 Å². The SMILES string of the molecule is COc1ccc(NC(=O)N[C@](C)(CNC(=O)OC(C)(C)C)C2CC2)cc1. The molecule has 0 aliphatic heterocycles. The number of amides is 3. The van der Waals surface area contributed by atoms with Crippen molar-refractivity contribution in [3.8, 4) is 5.75 Å². The second-order valence-corrected chi connectivity index (χ2v) is 7.85. The number of hydrogen-bond acceptors (Lipinski definition) is 4. The standard InChI is InChI=1S/C19H29N3O4/c1-18(2,3)26-17(24)20-12-19(4,13-6-7-13)22-16(23)21-14-8-10-15(25-5)11-9-14/h8-11,13H,6-7,12H2,1-5H3,(H,20,24)(H2,21,22,23)/t19-/m1/s1. The van der Waals surface area contributed by atoms with Crippen LogP contribution in [0.4, 0.5) is 15.3 Å². The third-order valence-corrected chi connectivity index (χ3v) is 4.22. The van der Waals surface area contributed by atoms with Gasteiger partial charge in [-0.05, 0) is 70.7 Å². The van der Waals surface area contributed by atoms with E-state index in [0.29, 0.717) is 18.2 Å². The Kier molecular flexibility index (Phi) is 6.00. The highest BCUT2D eigenvalue weighted by atomic mass is 16.6. The van der Waals surface area contributed by atoms with E-state index in [1.165, 1.54) is 0 Å². The van der Waals surface area contributed by atoms with E-state index in [0.717, 1.165) is 18.6 Å². The second kappa shape index (κ2) is 7.85. The number of carbonyl (C=O) groups is 2. The van der Waals surface area contributed by atoms with Gasteiger partial charge in [-0.15, -0.1) is 0 Å². The average Bonchev–Trinajstić information content (AvgIpc) is 3.37. The maximum absolute atomic E-state index is 12.4. The van der Waals surface area contributed by atoms with Crippen LogP contribution in [-0.4, -0.2) is 36.9 Å². The molecule has 26 heavy (non-hydrogen) atoms. The minimum atomic E-state index is -0.556. The summed E-state index contributed by atoms with van der Waals surface area (Å²) >= 11 is 0. The molecular formula is C19H29N3O4. The van der Waals surface area contributed by atoms with Gasteiger partial charge in [-0.1, -0.05) is 0 Å². The quantitative estimate of drug-likeness (QED) is 0.721. The van der Waals surface area contributed by atoms with Crippen molar-refractivity contribution in [1.82, 2.24) is 10.6 Å². The maximum atomic E-state index is 12.4. The zero-order chi connectivity index (χ0) is 19.4. The first-order valence-corrected chi connectivity index (χ1v) is 8.81. The normalized spacial score (nSPS) is 16.2. The molecule has 1 aliphatic carbocycles. The van der Waals surface area contributed by atoms with Crippen LogP contribution in [0.25, 0.3) is 0 Å². The van der Waals surface area contributed by atoms with Crippen molar-refractivity contribution < 1.29 is 19.1 Å². The number of methoxy groups -OCH3 is 1. The number of hydrogen-bond donors (Lipinski definition) is 3. The summed E-state index contributed by atoms with van der Waals surface area (Å²) in [5.41, 5.74) is -0.422. The van der Waals surface area contributed by atoms with Gasteiger partial charge in [0, 0.05) is 12.2 Å². The van der Waals surface area contributed by atoms with Gasteiger partial charge in [-0.3, -0.25) is 0 Å². The summed E-state index contributed by atoms with van der Waals surface area (Å²) in [4.78, 5) is 24.3. The van der Waals surface area contributed by atoms with Crippen LogP contribution in [-0.2, 0) is 4.74 Å². The number of rotatable bonds is 6. The molecular weight excluding hydrogens is 334 g/mol. The highest BCUT2D eigenvalue weighted by molar-refractivity contribution is 5.90. The van der Waals surface area contributed by atoms with Crippen LogP contribution < -0.4 is 20.7 Å². The zero-order valence-electron chi connectivity index (χ0n) is 16.1. The number of ether oxygens (including phenoxy) is 2. The Morgan fingerprint density at radius 1 is 1.12 bits per heavy atom. The molecule has 1 saturated carbocycles. The van der Waals surface area contributed by atoms with E-state index in [1.807, 2.05) is 27.7 Å². The third kappa shape index (κ3) is 6.13. The highest BCUT2D eigenvalue weighted by Gasteiger charge is 2.43. The van der Waals surface area contributed by atoms with E-state index in [-0.39, 0.29) is 6.03 Å². The molecule has 7 nitrogen and oxygen atoms in total. The summed E-state index contributed by atoms with van der Waals surface area (Å²) in [6, 6.07) is 6.78. The van der Waals surface area contributed by atoms with Gasteiger partial charge >= 0.3 is 12.1 Å². The topological polar surface area (TPSA) is 88.7 Å². The summed E-state index contributed by atoms with van der Waals surface area (Å²) in [6.07, 6.45) is 1.56. The molecule has 1 aromatic carbocycles. The molecule has 0 saturated heterocycles. The fourth-order valence-electron chi connectivity index (χ4n) is 2.68. The number of urea groups is 1. The van der Waals surface area contributed by atoms with Gasteiger partial charge in [0.2, 0.25) is 0 Å². The zero-order valence-corrected chi connectivity index (χ0v) is 16.1. The van der Waals surface area contributed by atoms with Crippen LogP contribution in [0.1, 0.15) is 40.5 Å². The Labute approximate surface area is 154 Å². The van der Waals surface area contributed by atoms with Gasteiger partial charge in [-0.2, -0.15) is 0 Å².